The minimum absolute atomic E-state index is 0.253. The van der Waals surface area contributed by atoms with Crippen LogP contribution in [0.25, 0.3) is 0 Å². The van der Waals surface area contributed by atoms with Gasteiger partial charge in [-0.25, -0.2) is 4.79 Å². The average Bonchev–Trinajstić information content (AvgIpc) is 2.62. The molecule has 0 amide bonds. The Bertz CT molecular complexity index is 578. The van der Waals surface area contributed by atoms with Gasteiger partial charge in [-0.05, 0) is 12.8 Å². The summed E-state index contributed by atoms with van der Waals surface area (Å²) in [6.07, 6.45) is -14.3. The van der Waals surface area contributed by atoms with Crippen molar-refractivity contribution >= 4 is 11.9 Å². The van der Waals surface area contributed by atoms with Crippen LogP contribution in [0.4, 0.5) is 0 Å². The Labute approximate surface area is 142 Å². The molecule has 0 radical (unpaired) electrons. The van der Waals surface area contributed by atoms with Crippen LogP contribution in [0.3, 0.4) is 0 Å². The van der Waals surface area contributed by atoms with Crippen LogP contribution in [0.5, 0.6) is 0 Å². The Hall–Kier alpha value is -1.26. The molecule has 1 saturated heterocycles. The third-order valence-corrected chi connectivity index (χ3v) is 2.83. The van der Waals surface area contributed by atoms with Gasteiger partial charge < -0.3 is 35.4 Å². The van der Waals surface area contributed by atoms with E-state index in [1.807, 2.05) is 0 Å². The molecule has 6 atom stereocenters. The van der Waals surface area contributed by atoms with Crippen LogP contribution >= 0.6 is 0 Å². The molecule has 1 heterocycles. The van der Waals surface area contributed by atoms with E-state index in [9.17, 15) is 9.59 Å². The molecule has 1 aliphatic heterocycles. The van der Waals surface area contributed by atoms with Crippen molar-refractivity contribution in [2.75, 3.05) is 0 Å². The normalized spacial score (nSPS) is 38.0. The number of aliphatic carboxylic acids is 2. The van der Waals surface area contributed by atoms with Crippen molar-refractivity contribution < 1.29 is 53.2 Å². The zero-order valence-corrected chi connectivity index (χ0v) is 12.4. The molecule has 0 aromatic rings. The van der Waals surface area contributed by atoms with Gasteiger partial charge in [0, 0.05) is 8.22 Å². The Morgan fingerprint density at radius 3 is 2.26 bits per heavy atom. The van der Waals surface area contributed by atoms with Gasteiger partial charge >= 0.3 is 11.9 Å². The van der Waals surface area contributed by atoms with Crippen molar-refractivity contribution in [3.05, 3.63) is 0 Å². The van der Waals surface area contributed by atoms with Gasteiger partial charge in [0.2, 0.25) is 0 Å². The SMILES string of the molecule is O=C(O)[C@H]1OC(O)[C@H](O)[C@@H](O)[C@@H]1O.[2H]CC([2H])([2H])C([2H])([2H])C([2H])(CCC)C(=O)O. The maximum atomic E-state index is 11.0. The minimum atomic E-state index is -2.91. The van der Waals surface area contributed by atoms with Gasteiger partial charge in [-0.1, -0.05) is 26.6 Å². The maximum absolute atomic E-state index is 11.0. The van der Waals surface area contributed by atoms with Crippen molar-refractivity contribution in [1.29, 1.82) is 0 Å². The molecule has 2 unspecified atom stereocenters. The zero-order chi connectivity index (χ0) is 23.4. The van der Waals surface area contributed by atoms with Gasteiger partial charge in [-0.15, -0.1) is 0 Å². The summed E-state index contributed by atoms with van der Waals surface area (Å²) in [7, 11) is 0. The second kappa shape index (κ2) is 10.5. The Morgan fingerprint density at radius 2 is 1.83 bits per heavy atom. The number of rotatable bonds is 6. The third-order valence-electron chi connectivity index (χ3n) is 2.83. The number of aliphatic hydroxyl groups is 4. The van der Waals surface area contributed by atoms with Crippen LogP contribution in [0, 0.1) is 5.89 Å². The van der Waals surface area contributed by atoms with Crippen LogP contribution in [-0.2, 0) is 14.3 Å². The van der Waals surface area contributed by atoms with E-state index in [-0.39, 0.29) is 12.8 Å². The van der Waals surface area contributed by atoms with Gasteiger partial charge in [0.05, 0.1) is 5.89 Å². The van der Waals surface area contributed by atoms with Crippen molar-refractivity contribution in [3.8, 4) is 0 Å². The van der Waals surface area contributed by atoms with E-state index in [0.29, 0.717) is 0 Å². The van der Waals surface area contributed by atoms with Crippen LogP contribution in [0.15, 0.2) is 0 Å². The number of carboxylic acids is 2. The predicted molar refractivity (Wildman–Crippen MR) is 77.5 cm³/mol. The van der Waals surface area contributed by atoms with Gasteiger partial charge in [-0.2, -0.15) is 0 Å². The molecule has 0 saturated carbocycles. The highest BCUT2D eigenvalue weighted by Gasteiger charge is 2.46. The summed E-state index contributed by atoms with van der Waals surface area (Å²) < 4.78 is 48.6. The van der Waals surface area contributed by atoms with Crippen molar-refractivity contribution in [2.24, 2.45) is 5.89 Å². The maximum Gasteiger partial charge on any atom is 0.335 e. The zero-order valence-electron chi connectivity index (χ0n) is 18.4. The van der Waals surface area contributed by atoms with Crippen LogP contribution in [0.2, 0.25) is 0 Å². The second-order valence-corrected chi connectivity index (χ2v) is 4.59. The van der Waals surface area contributed by atoms with E-state index >= 15 is 0 Å². The van der Waals surface area contributed by atoms with E-state index in [4.69, 9.17) is 38.9 Å². The summed E-state index contributed by atoms with van der Waals surface area (Å²) in [5.74, 6) is -5.78. The number of carboxylic acid groups (broad SMARTS) is 2. The van der Waals surface area contributed by atoms with Crippen LogP contribution in [-0.4, -0.2) is 73.3 Å². The summed E-state index contributed by atoms with van der Waals surface area (Å²) in [5, 5.41) is 53.3. The molecule has 1 aliphatic rings. The molecular formula is C14H26O9. The van der Waals surface area contributed by atoms with Gasteiger partial charge in [0.15, 0.2) is 12.4 Å². The third kappa shape index (κ3) is 6.80. The quantitative estimate of drug-likeness (QED) is 0.360. The fourth-order valence-electron chi connectivity index (χ4n) is 1.64. The summed E-state index contributed by atoms with van der Waals surface area (Å²) >= 11 is 0. The molecule has 1 fully saturated rings. The molecule has 0 spiro atoms. The monoisotopic (exact) mass is 344 g/mol. The first-order valence-corrected chi connectivity index (χ1v) is 6.65. The fraction of sp³-hybridized carbons (Fsp3) is 0.857. The molecule has 1 rings (SSSR count). The smallest absolute Gasteiger partial charge is 0.335 e. The highest BCUT2D eigenvalue weighted by atomic mass is 16.6. The van der Waals surface area contributed by atoms with E-state index in [2.05, 4.69) is 4.74 Å². The standard InChI is InChI=1S/C8H16O2.C6H10O7/c1-3-5-7(6-4-2)8(9)10;7-1-2(8)4(5(10)11)13-6(12)3(1)9/h7H,3-6H2,1-2H3,(H,9,10);1-4,6-9,12H,(H,10,11)/t;1-,2-,3+,4-,6?/m.0/s1/i1D,3D2,5D2,7D;. The highest BCUT2D eigenvalue weighted by Crippen LogP contribution is 2.19. The molecule has 0 aromatic carbocycles. The van der Waals surface area contributed by atoms with Crippen molar-refractivity contribution in [1.82, 2.24) is 0 Å². The number of hydrogen-bond donors (Lipinski definition) is 6. The van der Waals surface area contributed by atoms with Gasteiger partial charge in [0.25, 0.3) is 0 Å². The van der Waals surface area contributed by atoms with Crippen LogP contribution in [0.1, 0.15) is 47.6 Å². The highest BCUT2D eigenvalue weighted by molar-refractivity contribution is 5.73. The van der Waals surface area contributed by atoms with E-state index in [1.165, 1.54) is 0 Å². The summed E-state index contributed by atoms with van der Waals surface area (Å²) in [6.45, 7) is 0.677. The molecule has 0 aliphatic carbocycles. The molecule has 9 heteroatoms. The molecule has 9 nitrogen and oxygen atoms in total. The molecular weight excluding hydrogens is 312 g/mol. The molecule has 23 heavy (non-hydrogen) atoms. The minimum Gasteiger partial charge on any atom is -0.481 e. The number of aliphatic hydroxyl groups excluding tert-OH is 4. The first kappa shape index (κ1) is 13.1. The summed E-state index contributed by atoms with van der Waals surface area (Å²) in [5.41, 5.74) is 0. The Kier molecular flexibility index (Phi) is 5.97. The van der Waals surface area contributed by atoms with E-state index < -0.39 is 68.2 Å². The van der Waals surface area contributed by atoms with Gasteiger partial charge in [0.1, 0.15) is 18.3 Å². The lowest BCUT2D eigenvalue weighted by Gasteiger charge is -2.36. The number of hydrogen-bond acceptors (Lipinski definition) is 7. The predicted octanol–water partition coefficient (Wildman–Crippen LogP) is -0.842. The number of carbonyl (C=O) groups is 2. The molecule has 0 bridgehead atoms. The summed E-state index contributed by atoms with van der Waals surface area (Å²) in [4.78, 5) is 21.3. The van der Waals surface area contributed by atoms with Crippen molar-refractivity contribution in [2.45, 2.75) is 70.1 Å². The lowest BCUT2D eigenvalue weighted by atomic mass is 9.99. The second-order valence-electron chi connectivity index (χ2n) is 4.59. The Balaban J connectivity index is 0.000000551. The molecule has 0 aromatic heterocycles. The summed E-state index contributed by atoms with van der Waals surface area (Å²) in [6, 6.07) is 0. The molecule has 6 N–H and O–H groups in total. The van der Waals surface area contributed by atoms with E-state index in [1.54, 1.807) is 6.92 Å². The average molecular weight is 344 g/mol. The molecule has 136 valence electrons. The topological polar surface area (TPSA) is 165 Å². The van der Waals surface area contributed by atoms with Crippen molar-refractivity contribution in [3.63, 3.8) is 0 Å². The fourth-order valence-corrected chi connectivity index (χ4v) is 1.64. The first-order valence-electron chi connectivity index (χ1n) is 9.85. The Morgan fingerprint density at radius 1 is 1.22 bits per heavy atom. The lowest BCUT2D eigenvalue weighted by molar-refractivity contribution is -0.279. The van der Waals surface area contributed by atoms with E-state index in [0.717, 1.165) is 0 Å². The lowest BCUT2D eigenvalue weighted by Crippen LogP contribution is -2.59. The first-order chi connectivity index (χ1) is 13.0. The largest absolute Gasteiger partial charge is 0.481 e. The van der Waals surface area contributed by atoms with Crippen LogP contribution < -0.4 is 0 Å². The van der Waals surface area contributed by atoms with Gasteiger partial charge in [-0.3, -0.25) is 4.79 Å². The number of ether oxygens (including phenoxy) is 1.